The van der Waals surface area contributed by atoms with Crippen LogP contribution in [-0.4, -0.2) is 47.3 Å². The average molecular weight is 277 g/mol. The van der Waals surface area contributed by atoms with Crippen LogP contribution in [0.3, 0.4) is 0 Å². The van der Waals surface area contributed by atoms with Gasteiger partial charge in [-0.1, -0.05) is 6.92 Å². The summed E-state index contributed by atoms with van der Waals surface area (Å²) < 4.78 is 0. The SMILES string of the molecule is CC1CCC(N2CCCN=C2N2CCCCC2=O)CC1. The number of piperidine rings is 1. The largest absolute Gasteiger partial charge is 0.339 e. The number of aliphatic imine (C=N–C) groups is 1. The third kappa shape index (κ3) is 2.84. The molecule has 0 unspecified atom stereocenters. The number of carbonyl (C=O) groups is 1. The molecule has 0 radical (unpaired) electrons. The van der Waals surface area contributed by atoms with Crippen molar-refractivity contribution in [1.29, 1.82) is 0 Å². The van der Waals surface area contributed by atoms with Gasteiger partial charge in [0, 0.05) is 32.1 Å². The van der Waals surface area contributed by atoms with Gasteiger partial charge < -0.3 is 4.90 Å². The Labute approximate surface area is 122 Å². The molecular formula is C16H27N3O. The minimum atomic E-state index is 0.283. The third-order valence-corrected chi connectivity index (χ3v) is 5.06. The molecule has 0 spiro atoms. The Kier molecular flexibility index (Phi) is 4.27. The van der Waals surface area contributed by atoms with Crippen molar-refractivity contribution in [2.45, 2.75) is 64.3 Å². The zero-order chi connectivity index (χ0) is 13.9. The predicted octanol–water partition coefficient (Wildman–Crippen LogP) is 2.64. The molecule has 0 N–H and O–H groups in total. The van der Waals surface area contributed by atoms with E-state index in [2.05, 4.69) is 11.8 Å². The molecule has 1 saturated heterocycles. The molecule has 0 atom stereocenters. The van der Waals surface area contributed by atoms with Gasteiger partial charge in [-0.2, -0.15) is 0 Å². The van der Waals surface area contributed by atoms with Crippen LogP contribution < -0.4 is 0 Å². The Hall–Kier alpha value is -1.06. The van der Waals surface area contributed by atoms with E-state index >= 15 is 0 Å². The highest BCUT2D eigenvalue weighted by Gasteiger charge is 2.33. The molecule has 0 aromatic rings. The Balaban J connectivity index is 1.73. The quantitative estimate of drug-likeness (QED) is 0.738. The first-order chi connectivity index (χ1) is 9.75. The van der Waals surface area contributed by atoms with Gasteiger partial charge in [0.2, 0.25) is 11.9 Å². The summed E-state index contributed by atoms with van der Waals surface area (Å²) in [7, 11) is 0. The molecule has 2 fully saturated rings. The predicted molar refractivity (Wildman–Crippen MR) is 80.6 cm³/mol. The van der Waals surface area contributed by atoms with Gasteiger partial charge in [-0.05, 0) is 50.9 Å². The smallest absolute Gasteiger partial charge is 0.229 e. The third-order valence-electron chi connectivity index (χ3n) is 5.06. The second kappa shape index (κ2) is 6.15. The first-order valence-electron chi connectivity index (χ1n) is 8.37. The summed E-state index contributed by atoms with van der Waals surface area (Å²) in [6.07, 6.45) is 9.19. The topological polar surface area (TPSA) is 35.9 Å². The molecule has 3 aliphatic rings. The number of hydrogen-bond acceptors (Lipinski definition) is 3. The van der Waals surface area contributed by atoms with E-state index in [0.29, 0.717) is 12.5 Å². The summed E-state index contributed by atoms with van der Waals surface area (Å²) in [5, 5.41) is 0. The molecule has 2 heterocycles. The number of guanidine groups is 1. The van der Waals surface area contributed by atoms with Crippen LogP contribution in [0.2, 0.25) is 0 Å². The first-order valence-corrected chi connectivity index (χ1v) is 8.37. The van der Waals surface area contributed by atoms with E-state index in [-0.39, 0.29) is 5.91 Å². The number of rotatable bonds is 1. The molecular weight excluding hydrogens is 250 g/mol. The lowest BCUT2D eigenvalue weighted by atomic mass is 9.86. The molecule has 112 valence electrons. The van der Waals surface area contributed by atoms with E-state index in [1.807, 2.05) is 4.90 Å². The van der Waals surface area contributed by atoms with Crippen molar-refractivity contribution in [3.63, 3.8) is 0 Å². The number of nitrogens with zero attached hydrogens (tertiary/aromatic N) is 3. The van der Waals surface area contributed by atoms with Crippen LogP contribution in [-0.2, 0) is 4.79 Å². The first kappa shape index (κ1) is 13.9. The molecule has 0 bridgehead atoms. The molecule has 20 heavy (non-hydrogen) atoms. The number of likely N-dealkylation sites (tertiary alicyclic amines) is 1. The second-order valence-electron chi connectivity index (χ2n) is 6.64. The summed E-state index contributed by atoms with van der Waals surface area (Å²) in [5.41, 5.74) is 0. The average Bonchev–Trinajstić information content (AvgIpc) is 2.49. The Morgan fingerprint density at radius 3 is 2.60 bits per heavy atom. The van der Waals surface area contributed by atoms with Crippen molar-refractivity contribution >= 4 is 11.9 Å². The van der Waals surface area contributed by atoms with Gasteiger partial charge in [-0.25, -0.2) is 0 Å². The fourth-order valence-corrected chi connectivity index (χ4v) is 3.77. The summed E-state index contributed by atoms with van der Waals surface area (Å²) in [6, 6.07) is 0.611. The van der Waals surface area contributed by atoms with Gasteiger partial charge in [-0.15, -0.1) is 0 Å². The van der Waals surface area contributed by atoms with Crippen LogP contribution in [0, 0.1) is 5.92 Å². The van der Waals surface area contributed by atoms with Crippen molar-refractivity contribution in [2.75, 3.05) is 19.6 Å². The zero-order valence-corrected chi connectivity index (χ0v) is 12.7. The molecule has 4 nitrogen and oxygen atoms in total. The van der Waals surface area contributed by atoms with Gasteiger partial charge in [-0.3, -0.25) is 14.7 Å². The fourth-order valence-electron chi connectivity index (χ4n) is 3.77. The monoisotopic (exact) mass is 277 g/mol. The van der Waals surface area contributed by atoms with Gasteiger partial charge >= 0.3 is 0 Å². The lowest BCUT2D eigenvalue weighted by Crippen LogP contribution is -2.55. The highest BCUT2D eigenvalue weighted by molar-refractivity contribution is 5.97. The number of hydrogen-bond donors (Lipinski definition) is 0. The molecule has 1 amide bonds. The van der Waals surface area contributed by atoms with Crippen LogP contribution >= 0.6 is 0 Å². The Bertz CT molecular complexity index is 385. The van der Waals surface area contributed by atoms with E-state index in [4.69, 9.17) is 4.99 Å². The fraction of sp³-hybridized carbons (Fsp3) is 0.875. The Morgan fingerprint density at radius 2 is 1.85 bits per heavy atom. The minimum absolute atomic E-state index is 0.283. The lowest BCUT2D eigenvalue weighted by molar-refractivity contribution is -0.129. The molecule has 0 aromatic carbocycles. The van der Waals surface area contributed by atoms with Gasteiger partial charge in [0.25, 0.3) is 0 Å². The molecule has 2 aliphatic heterocycles. The zero-order valence-electron chi connectivity index (χ0n) is 12.7. The standard InChI is InChI=1S/C16H27N3O/c1-13-6-8-14(9-7-13)18-12-4-10-17-16(18)19-11-3-2-5-15(19)20/h13-14H,2-12H2,1H3. The molecule has 1 aliphatic carbocycles. The van der Waals surface area contributed by atoms with Crippen LogP contribution in [0.25, 0.3) is 0 Å². The second-order valence-corrected chi connectivity index (χ2v) is 6.64. The van der Waals surface area contributed by atoms with Crippen LogP contribution in [0.1, 0.15) is 58.3 Å². The molecule has 3 rings (SSSR count). The van der Waals surface area contributed by atoms with E-state index in [1.165, 1.54) is 25.7 Å². The summed E-state index contributed by atoms with van der Waals surface area (Å²) in [4.78, 5) is 21.3. The van der Waals surface area contributed by atoms with Gasteiger partial charge in [0.15, 0.2) is 0 Å². The molecule has 0 aromatic heterocycles. The van der Waals surface area contributed by atoms with E-state index in [0.717, 1.165) is 50.8 Å². The van der Waals surface area contributed by atoms with Gasteiger partial charge in [0.05, 0.1) is 0 Å². The number of carbonyl (C=O) groups excluding carboxylic acids is 1. The van der Waals surface area contributed by atoms with Crippen molar-refractivity contribution in [1.82, 2.24) is 9.80 Å². The van der Waals surface area contributed by atoms with Crippen LogP contribution in [0.5, 0.6) is 0 Å². The number of amides is 1. The van der Waals surface area contributed by atoms with Crippen LogP contribution in [0.4, 0.5) is 0 Å². The summed E-state index contributed by atoms with van der Waals surface area (Å²) in [6.45, 7) is 5.20. The molecule has 1 saturated carbocycles. The van der Waals surface area contributed by atoms with Crippen molar-refractivity contribution in [3.8, 4) is 0 Å². The maximum Gasteiger partial charge on any atom is 0.229 e. The van der Waals surface area contributed by atoms with Crippen molar-refractivity contribution in [3.05, 3.63) is 0 Å². The minimum Gasteiger partial charge on any atom is -0.339 e. The highest BCUT2D eigenvalue weighted by atomic mass is 16.2. The normalized spacial score (nSPS) is 32.2. The summed E-state index contributed by atoms with van der Waals surface area (Å²) >= 11 is 0. The maximum absolute atomic E-state index is 12.2. The molecule has 4 heteroatoms. The van der Waals surface area contributed by atoms with Crippen LogP contribution in [0.15, 0.2) is 4.99 Å². The highest BCUT2D eigenvalue weighted by Crippen LogP contribution is 2.29. The lowest BCUT2D eigenvalue weighted by Gasteiger charge is -2.43. The van der Waals surface area contributed by atoms with E-state index < -0.39 is 0 Å². The van der Waals surface area contributed by atoms with E-state index in [1.54, 1.807) is 0 Å². The Morgan fingerprint density at radius 1 is 1.05 bits per heavy atom. The summed E-state index contributed by atoms with van der Waals surface area (Å²) in [5.74, 6) is 2.15. The van der Waals surface area contributed by atoms with E-state index in [9.17, 15) is 4.79 Å². The van der Waals surface area contributed by atoms with Crippen molar-refractivity contribution < 1.29 is 4.79 Å². The van der Waals surface area contributed by atoms with Crippen molar-refractivity contribution in [2.24, 2.45) is 10.9 Å². The maximum atomic E-state index is 12.2. The van der Waals surface area contributed by atoms with Gasteiger partial charge in [0.1, 0.15) is 0 Å².